The summed E-state index contributed by atoms with van der Waals surface area (Å²) in [5.74, 6) is 0.893. The summed E-state index contributed by atoms with van der Waals surface area (Å²) in [6.45, 7) is 1.47. The number of carbonyl (C=O) groups excluding carboxylic acids is 1. The number of ether oxygens (including phenoxy) is 2. The van der Waals surface area contributed by atoms with Crippen molar-refractivity contribution in [2.45, 2.75) is 37.1 Å². The molecular formula is C21H24Cl2N2O5S. The Kier molecular flexibility index (Phi) is 8.43. The molecule has 0 saturated carbocycles. The maximum atomic E-state index is 12.4. The highest BCUT2D eigenvalue weighted by molar-refractivity contribution is 7.89. The van der Waals surface area contributed by atoms with Gasteiger partial charge in [-0.05, 0) is 42.7 Å². The standard InChI is InChI=1S/C21H24Cl2N2O5S/c22-16-6-5-15(18(23)12-16)14-24-21(26)4-2-1-3-9-25-31(27,28)17-7-8-19-20(13-17)30-11-10-29-19/h5-8,12-13,25H,1-4,9-11,14H2,(H,24,26). The molecule has 0 aliphatic carbocycles. The molecule has 7 nitrogen and oxygen atoms in total. The first-order valence-electron chi connectivity index (χ1n) is 9.95. The fourth-order valence-corrected chi connectivity index (χ4v) is 4.58. The van der Waals surface area contributed by atoms with E-state index in [0.717, 1.165) is 12.0 Å². The van der Waals surface area contributed by atoms with Crippen molar-refractivity contribution in [3.63, 3.8) is 0 Å². The number of benzene rings is 2. The number of fused-ring (bicyclic) bond motifs is 1. The number of hydrogen-bond acceptors (Lipinski definition) is 5. The van der Waals surface area contributed by atoms with Gasteiger partial charge in [-0.1, -0.05) is 35.7 Å². The highest BCUT2D eigenvalue weighted by Gasteiger charge is 2.18. The quantitative estimate of drug-likeness (QED) is 0.496. The van der Waals surface area contributed by atoms with Crippen LogP contribution in [0.2, 0.25) is 10.0 Å². The van der Waals surface area contributed by atoms with E-state index >= 15 is 0 Å². The van der Waals surface area contributed by atoms with Crippen molar-refractivity contribution >= 4 is 39.1 Å². The van der Waals surface area contributed by atoms with Crippen molar-refractivity contribution in [2.75, 3.05) is 19.8 Å². The van der Waals surface area contributed by atoms with Gasteiger partial charge >= 0.3 is 0 Å². The van der Waals surface area contributed by atoms with Crippen LogP contribution in [0.1, 0.15) is 31.2 Å². The largest absolute Gasteiger partial charge is 0.486 e. The molecule has 0 saturated heterocycles. The van der Waals surface area contributed by atoms with E-state index in [9.17, 15) is 13.2 Å². The van der Waals surface area contributed by atoms with Crippen LogP contribution in [-0.4, -0.2) is 34.1 Å². The van der Waals surface area contributed by atoms with E-state index in [1.807, 2.05) is 0 Å². The summed E-state index contributed by atoms with van der Waals surface area (Å²) >= 11 is 11.9. The summed E-state index contributed by atoms with van der Waals surface area (Å²) in [7, 11) is -3.63. The van der Waals surface area contributed by atoms with Crippen LogP contribution in [0.5, 0.6) is 11.5 Å². The fourth-order valence-electron chi connectivity index (χ4n) is 3.02. The molecule has 3 rings (SSSR count). The third-order valence-electron chi connectivity index (χ3n) is 4.69. The molecule has 0 bridgehead atoms. The summed E-state index contributed by atoms with van der Waals surface area (Å²) in [4.78, 5) is 12.1. The maximum absolute atomic E-state index is 12.4. The van der Waals surface area contributed by atoms with E-state index in [1.165, 1.54) is 12.1 Å². The summed E-state index contributed by atoms with van der Waals surface area (Å²) in [6.07, 6.45) is 2.37. The molecule has 0 spiro atoms. The zero-order valence-corrected chi connectivity index (χ0v) is 19.2. The van der Waals surface area contributed by atoms with Gasteiger partial charge in [-0.2, -0.15) is 0 Å². The fraction of sp³-hybridized carbons (Fsp3) is 0.381. The second-order valence-electron chi connectivity index (χ2n) is 7.03. The molecule has 1 aliphatic rings. The lowest BCUT2D eigenvalue weighted by molar-refractivity contribution is -0.121. The molecule has 2 aromatic rings. The number of rotatable bonds is 10. The number of halogens is 2. The van der Waals surface area contributed by atoms with Crippen LogP contribution in [0, 0.1) is 0 Å². The molecule has 10 heteroatoms. The Morgan fingerprint density at radius 1 is 0.968 bits per heavy atom. The van der Waals surface area contributed by atoms with Crippen LogP contribution in [0.15, 0.2) is 41.3 Å². The lowest BCUT2D eigenvalue weighted by atomic mass is 10.2. The maximum Gasteiger partial charge on any atom is 0.240 e. The topological polar surface area (TPSA) is 93.7 Å². The van der Waals surface area contributed by atoms with E-state index < -0.39 is 10.0 Å². The van der Waals surface area contributed by atoms with Gasteiger partial charge in [0.15, 0.2) is 11.5 Å². The predicted octanol–water partition coefficient (Wildman–Crippen LogP) is 3.92. The smallest absolute Gasteiger partial charge is 0.240 e. The molecule has 31 heavy (non-hydrogen) atoms. The third-order valence-corrected chi connectivity index (χ3v) is 6.73. The predicted molar refractivity (Wildman–Crippen MR) is 119 cm³/mol. The van der Waals surface area contributed by atoms with Crippen LogP contribution in [0.25, 0.3) is 0 Å². The van der Waals surface area contributed by atoms with Crippen LogP contribution in [-0.2, 0) is 21.4 Å². The number of unbranched alkanes of at least 4 members (excludes halogenated alkanes) is 2. The first-order chi connectivity index (χ1) is 14.8. The zero-order chi connectivity index (χ0) is 22.3. The van der Waals surface area contributed by atoms with Gasteiger partial charge in [-0.15, -0.1) is 0 Å². The lowest BCUT2D eigenvalue weighted by Gasteiger charge is -2.18. The van der Waals surface area contributed by atoms with Gasteiger partial charge in [0, 0.05) is 35.6 Å². The van der Waals surface area contributed by atoms with Crippen molar-refractivity contribution in [2.24, 2.45) is 0 Å². The third kappa shape index (κ3) is 7.00. The molecule has 2 N–H and O–H groups in total. The minimum absolute atomic E-state index is 0.0807. The Morgan fingerprint density at radius 2 is 1.74 bits per heavy atom. The van der Waals surface area contributed by atoms with Gasteiger partial charge in [-0.25, -0.2) is 13.1 Å². The number of nitrogens with one attached hydrogen (secondary N) is 2. The molecule has 1 amide bonds. The van der Waals surface area contributed by atoms with Crippen molar-refractivity contribution < 1.29 is 22.7 Å². The van der Waals surface area contributed by atoms with Crippen molar-refractivity contribution in [3.8, 4) is 11.5 Å². The Balaban J connectivity index is 1.34. The van der Waals surface area contributed by atoms with Gasteiger partial charge in [-0.3, -0.25) is 4.79 Å². The SMILES string of the molecule is O=C(CCCCCNS(=O)(=O)c1ccc2c(c1)OCCO2)NCc1ccc(Cl)cc1Cl. The molecule has 0 unspecified atom stereocenters. The molecule has 0 atom stereocenters. The average molecular weight is 487 g/mol. The molecule has 0 radical (unpaired) electrons. The lowest BCUT2D eigenvalue weighted by Crippen LogP contribution is -2.25. The zero-order valence-electron chi connectivity index (χ0n) is 16.8. The Bertz CT molecular complexity index is 1030. The van der Waals surface area contributed by atoms with Crippen LogP contribution >= 0.6 is 23.2 Å². The average Bonchev–Trinajstić information content (AvgIpc) is 2.75. The first-order valence-corrected chi connectivity index (χ1v) is 12.2. The molecular weight excluding hydrogens is 463 g/mol. The van der Waals surface area contributed by atoms with Gasteiger partial charge in [0.2, 0.25) is 15.9 Å². The Morgan fingerprint density at radius 3 is 2.52 bits per heavy atom. The molecule has 0 aromatic heterocycles. The number of carbonyl (C=O) groups is 1. The highest BCUT2D eigenvalue weighted by Crippen LogP contribution is 2.32. The molecule has 1 aliphatic heterocycles. The summed E-state index contributed by atoms with van der Waals surface area (Å²) in [5.41, 5.74) is 0.799. The number of amides is 1. The minimum atomic E-state index is -3.63. The second kappa shape index (κ2) is 11.0. The monoisotopic (exact) mass is 486 g/mol. The van der Waals surface area contributed by atoms with Gasteiger partial charge in [0.1, 0.15) is 13.2 Å². The highest BCUT2D eigenvalue weighted by atomic mass is 35.5. The second-order valence-corrected chi connectivity index (χ2v) is 9.64. The van der Waals surface area contributed by atoms with Gasteiger partial charge in [0.25, 0.3) is 0 Å². The Hall–Kier alpha value is -2.00. The molecule has 1 heterocycles. The first kappa shape index (κ1) is 23.7. The summed E-state index contributed by atoms with van der Waals surface area (Å²) in [6, 6.07) is 9.69. The normalized spacial score (nSPS) is 13.1. The van der Waals surface area contributed by atoms with Gasteiger partial charge in [0.05, 0.1) is 4.90 Å². The number of hydrogen-bond donors (Lipinski definition) is 2. The van der Waals surface area contributed by atoms with Crippen LogP contribution < -0.4 is 19.5 Å². The molecule has 2 aromatic carbocycles. The van der Waals surface area contributed by atoms with Crippen molar-refractivity contribution in [3.05, 3.63) is 52.0 Å². The summed E-state index contributed by atoms with van der Waals surface area (Å²) < 4.78 is 38.3. The van der Waals surface area contributed by atoms with E-state index in [1.54, 1.807) is 24.3 Å². The summed E-state index contributed by atoms with van der Waals surface area (Å²) in [5, 5.41) is 3.88. The molecule has 168 valence electrons. The van der Waals surface area contributed by atoms with E-state index in [-0.39, 0.29) is 10.8 Å². The van der Waals surface area contributed by atoms with Crippen LogP contribution in [0.3, 0.4) is 0 Å². The van der Waals surface area contributed by atoms with Crippen molar-refractivity contribution in [1.29, 1.82) is 0 Å². The van der Waals surface area contributed by atoms with E-state index in [2.05, 4.69) is 10.0 Å². The Labute approximate surface area is 192 Å². The van der Waals surface area contributed by atoms with Gasteiger partial charge < -0.3 is 14.8 Å². The van der Waals surface area contributed by atoms with E-state index in [4.69, 9.17) is 32.7 Å². The van der Waals surface area contributed by atoms with E-state index in [0.29, 0.717) is 67.1 Å². The molecule has 0 fully saturated rings. The van der Waals surface area contributed by atoms with Crippen molar-refractivity contribution in [1.82, 2.24) is 10.0 Å². The minimum Gasteiger partial charge on any atom is -0.486 e. The number of sulfonamides is 1. The van der Waals surface area contributed by atoms with Crippen LogP contribution in [0.4, 0.5) is 0 Å².